The van der Waals surface area contributed by atoms with E-state index in [1.165, 1.54) is 10.5 Å². The highest BCUT2D eigenvalue weighted by molar-refractivity contribution is 7.11. The van der Waals surface area contributed by atoms with Crippen LogP contribution in [0.15, 0.2) is 70.0 Å². The Balaban J connectivity index is 1.44. The van der Waals surface area contributed by atoms with Crippen LogP contribution in [0.1, 0.15) is 40.6 Å². The van der Waals surface area contributed by atoms with Gasteiger partial charge >= 0.3 is 0 Å². The number of nitrogens with zero attached hydrogens (tertiary/aromatic N) is 3. The normalized spacial score (nSPS) is 21.2. The molecule has 1 fully saturated rings. The second kappa shape index (κ2) is 9.11. The maximum absolute atomic E-state index is 13.3. The Morgan fingerprint density at radius 1 is 1.19 bits per heavy atom. The molecule has 1 aliphatic heterocycles. The van der Waals surface area contributed by atoms with Gasteiger partial charge in [-0.1, -0.05) is 24.3 Å². The number of hydrazone groups is 1. The Hall–Kier alpha value is -3.21. The van der Waals surface area contributed by atoms with Gasteiger partial charge in [0.2, 0.25) is 0 Å². The fraction of sp³-hybridized carbons (Fsp3) is 0.240. The van der Waals surface area contributed by atoms with Gasteiger partial charge in [0, 0.05) is 15.7 Å². The van der Waals surface area contributed by atoms with Gasteiger partial charge in [0.05, 0.1) is 17.3 Å². The fourth-order valence-corrected chi connectivity index (χ4v) is 5.94. The maximum atomic E-state index is 13.3. The van der Waals surface area contributed by atoms with Crippen molar-refractivity contribution in [3.63, 3.8) is 0 Å². The van der Waals surface area contributed by atoms with E-state index in [1.54, 1.807) is 51.9 Å². The molecule has 0 bridgehead atoms. The van der Waals surface area contributed by atoms with E-state index in [0.29, 0.717) is 11.3 Å². The monoisotopic (exact) mass is 459 g/mol. The quantitative estimate of drug-likeness (QED) is 0.478. The van der Waals surface area contributed by atoms with Crippen LogP contribution in [0.5, 0.6) is 5.75 Å². The maximum Gasteiger partial charge on any atom is 0.281 e. The molecule has 0 spiro atoms. The Morgan fingerprint density at radius 2 is 2.03 bits per heavy atom. The summed E-state index contributed by atoms with van der Waals surface area (Å²) < 4.78 is 5.74. The van der Waals surface area contributed by atoms with Gasteiger partial charge in [-0.2, -0.15) is 10.4 Å². The summed E-state index contributed by atoms with van der Waals surface area (Å²) in [6.45, 7) is -0.159. The van der Waals surface area contributed by atoms with Crippen molar-refractivity contribution in [3.8, 4) is 11.8 Å². The lowest BCUT2D eigenvalue weighted by Crippen LogP contribution is -2.34. The van der Waals surface area contributed by atoms with Crippen LogP contribution < -0.4 is 4.74 Å². The molecule has 0 N–H and O–H groups in total. The average Bonchev–Trinajstić information content (AvgIpc) is 3.58. The van der Waals surface area contributed by atoms with Crippen molar-refractivity contribution in [1.29, 1.82) is 5.26 Å². The smallest absolute Gasteiger partial charge is 0.281 e. The summed E-state index contributed by atoms with van der Waals surface area (Å²) in [6.07, 6.45) is 5.27. The first kappa shape index (κ1) is 20.7. The standard InChI is InChI=1S/C25H21N3O2S2/c26-15-18-6-1-2-10-21(18)30-16-23(29)28-25(22-11-5-13-32-22)20-9-3-7-17(24(20)27-28)14-19-8-4-12-31-19/h1-2,4-6,8,10-14,20,25H,3,7,9,16H2. The molecule has 2 atom stereocenters. The van der Waals surface area contributed by atoms with Crippen molar-refractivity contribution < 1.29 is 9.53 Å². The van der Waals surface area contributed by atoms with Gasteiger partial charge in [-0.3, -0.25) is 4.79 Å². The lowest BCUT2D eigenvalue weighted by Gasteiger charge is -2.28. The minimum atomic E-state index is -0.200. The van der Waals surface area contributed by atoms with Crippen LogP contribution in [-0.4, -0.2) is 23.2 Å². The van der Waals surface area contributed by atoms with Gasteiger partial charge in [0.25, 0.3) is 5.91 Å². The summed E-state index contributed by atoms with van der Waals surface area (Å²) in [7, 11) is 0. The number of hydrogen-bond donors (Lipinski definition) is 0. The third-order valence-corrected chi connectivity index (χ3v) is 7.57. The van der Waals surface area contributed by atoms with Crippen LogP contribution in [0, 0.1) is 17.2 Å². The van der Waals surface area contributed by atoms with Gasteiger partial charge in [0.1, 0.15) is 11.8 Å². The van der Waals surface area contributed by atoms with Gasteiger partial charge in [0.15, 0.2) is 6.61 Å². The van der Waals surface area contributed by atoms with E-state index in [0.717, 1.165) is 29.9 Å². The lowest BCUT2D eigenvalue weighted by atomic mass is 9.79. The first-order chi connectivity index (χ1) is 15.7. The highest BCUT2D eigenvalue weighted by atomic mass is 32.1. The van der Waals surface area contributed by atoms with Crippen molar-refractivity contribution >= 4 is 40.4 Å². The van der Waals surface area contributed by atoms with Gasteiger partial charge in [-0.25, -0.2) is 5.01 Å². The van der Waals surface area contributed by atoms with Crippen LogP contribution in [0.25, 0.3) is 6.08 Å². The predicted molar refractivity (Wildman–Crippen MR) is 128 cm³/mol. The highest BCUT2D eigenvalue weighted by Gasteiger charge is 2.44. The van der Waals surface area contributed by atoms with E-state index in [4.69, 9.17) is 9.84 Å². The van der Waals surface area contributed by atoms with Crippen molar-refractivity contribution in [2.45, 2.75) is 25.3 Å². The summed E-state index contributed by atoms with van der Waals surface area (Å²) in [5.41, 5.74) is 2.66. The van der Waals surface area contributed by atoms with Crippen molar-refractivity contribution in [2.75, 3.05) is 6.61 Å². The molecule has 32 heavy (non-hydrogen) atoms. The molecule has 1 amide bonds. The lowest BCUT2D eigenvalue weighted by molar-refractivity contribution is -0.135. The third-order valence-electron chi connectivity index (χ3n) is 5.81. The molecule has 3 heterocycles. The summed E-state index contributed by atoms with van der Waals surface area (Å²) in [5, 5.41) is 19.9. The van der Waals surface area contributed by atoms with Crippen molar-refractivity contribution in [2.24, 2.45) is 11.0 Å². The van der Waals surface area contributed by atoms with E-state index in [2.05, 4.69) is 35.7 Å². The molecule has 0 saturated heterocycles. The largest absolute Gasteiger partial charge is 0.482 e. The summed E-state index contributed by atoms with van der Waals surface area (Å²) in [4.78, 5) is 15.6. The first-order valence-electron chi connectivity index (χ1n) is 10.5. The minimum Gasteiger partial charge on any atom is -0.482 e. The number of allylic oxidation sites excluding steroid dienone is 1. The first-order valence-corrected chi connectivity index (χ1v) is 12.3. The van der Waals surface area contributed by atoms with Gasteiger partial charge < -0.3 is 4.74 Å². The summed E-state index contributed by atoms with van der Waals surface area (Å²) >= 11 is 3.37. The van der Waals surface area contributed by atoms with E-state index < -0.39 is 0 Å². The van der Waals surface area contributed by atoms with Crippen molar-refractivity contribution in [1.82, 2.24) is 5.01 Å². The Kier molecular flexibility index (Phi) is 5.89. The number of carbonyl (C=O) groups is 1. The van der Waals surface area contributed by atoms with Crippen molar-refractivity contribution in [3.05, 3.63) is 80.2 Å². The Morgan fingerprint density at radius 3 is 2.81 bits per heavy atom. The highest BCUT2D eigenvalue weighted by Crippen LogP contribution is 2.45. The number of benzene rings is 1. The van der Waals surface area contributed by atoms with Crippen LogP contribution >= 0.6 is 22.7 Å². The summed E-state index contributed by atoms with van der Waals surface area (Å²) in [6, 6.07) is 17.2. The molecule has 2 aliphatic rings. The number of para-hydroxylation sites is 1. The molecule has 160 valence electrons. The van der Waals surface area contributed by atoms with Crippen LogP contribution in [0.2, 0.25) is 0 Å². The van der Waals surface area contributed by atoms with E-state index in [9.17, 15) is 10.1 Å². The number of carbonyl (C=O) groups excluding carboxylic acids is 1. The number of ether oxygens (including phenoxy) is 1. The van der Waals surface area contributed by atoms with E-state index in [1.807, 2.05) is 11.4 Å². The van der Waals surface area contributed by atoms with E-state index >= 15 is 0 Å². The fourth-order valence-electron chi connectivity index (χ4n) is 4.38. The topological polar surface area (TPSA) is 65.7 Å². The number of nitriles is 1. The number of fused-ring (bicyclic) bond motifs is 1. The molecule has 1 saturated carbocycles. The third kappa shape index (κ3) is 3.99. The molecule has 0 radical (unpaired) electrons. The zero-order valence-electron chi connectivity index (χ0n) is 17.3. The number of rotatable bonds is 5. The van der Waals surface area contributed by atoms with Crippen LogP contribution in [0.3, 0.4) is 0 Å². The van der Waals surface area contributed by atoms with Crippen LogP contribution in [0.4, 0.5) is 0 Å². The molecule has 3 aromatic rings. The molecule has 2 aromatic heterocycles. The minimum absolute atomic E-state index is 0.112. The van der Waals surface area contributed by atoms with Gasteiger partial charge in [-0.05, 0) is 65.9 Å². The molecular weight excluding hydrogens is 438 g/mol. The molecule has 2 unspecified atom stereocenters. The molecule has 5 nitrogen and oxygen atoms in total. The second-order valence-electron chi connectivity index (χ2n) is 7.76. The Labute approximate surface area is 194 Å². The Bertz CT molecular complexity index is 1210. The zero-order valence-corrected chi connectivity index (χ0v) is 18.9. The number of hydrogen-bond acceptors (Lipinski definition) is 6. The molecule has 5 rings (SSSR count). The van der Waals surface area contributed by atoms with Crippen LogP contribution in [-0.2, 0) is 4.79 Å². The molecule has 1 aliphatic carbocycles. The zero-order chi connectivity index (χ0) is 21.9. The predicted octanol–water partition coefficient (Wildman–Crippen LogP) is 5.88. The molecular formula is C25H21N3O2S2. The number of thiophene rings is 2. The average molecular weight is 460 g/mol. The van der Waals surface area contributed by atoms with E-state index in [-0.39, 0.29) is 24.5 Å². The second-order valence-corrected chi connectivity index (χ2v) is 9.72. The molecule has 7 heteroatoms. The van der Waals surface area contributed by atoms with Gasteiger partial charge in [-0.15, -0.1) is 22.7 Å². The summed E-state index contributed by atoms with van der Waals surface area (Å²) in [5.74, 6) is 0.399. The number of amides is 1. The molecule has 1 aromatic carbocycles. The SMILES string of the molecule is N#Cc1ccccc1OCC(=O)N1N=C2C(=Cc3cccs3)CCCC2C1c1cccs1.